The van der Waals surface area contributed by atoms with Crippen molar-refractivity contribution >= 4 is 28.9 Å². The third kappa shape index (κ3) is 3.51. The number of amides is 2. The molecule has 162 valence electrons. The van der Waals surface area contributed by atoms with Crippen molar-refractivity contribution < 1.29 is 23.9 Å². The van der Waals surface area contributed by atoms with Gasteiger partial charge in [-0.15, -0.1) is 0 Å². The highest BCUT2D eigenvalue weighted by Gasteiger charge is 2.51. The van der Waals surface area contributed by atoms with Gasteiger partial charge in [0.2, 0.25) is 0 Å². The van der Waals surface area contributed by atoms with E-state index in [1.807, 2.05) is 38.1 Å². The Morgan fingerprint density at radius 1 is 1.27 bits per heavy atom. The minimum Gasteiger partial charge on any atom is -0.467 e. The second-order valence-electron chi connectivity index (χ2n) is 7.91. The quantitative estimate of drug-likeness (QED) is 0.732. The number of rotatable bonds is 5. The molecule has 2 atom stereocenters. The van der Waals surface area contributed by atoms with Gasteiger partial charge in [0.25, 0.3) is 0 Å². The molecule has 1 aliphatic heterocycles. The van der Waals surface area contributed by atoms with E-state index in [0.29, 0.717) is 18.7 Å². The van der Waals surface area contributed by atoms with E-state index in [4.69, 9.17) is 9.47 Å². The first kappa shape index (κ1) is 21.7. The normalized spacial score (nSPS) is 19.3. The molecule has 0 fully saturated rings. The number of hydrogen-bond donors (Lipinski definition) is 2. The highest BCUT2D eigenvalue weighted by atomic mass is 16.5. The lowest BCUT2D eigenvalue weighted by Gasteiger charge is -2.42. The number of nitrogens with zero attached hydrogens (tertiary/aromatic N) is 1. The van der Waals surface area contributed by atoms with Crippen molar-refractivity contribution in [1.82, 2.24) is 15.2 Å². The number of H-pyrrole nitrogens is 1. The molecular formula is C22H29N3O5. The molecule has 1 aromatic heterocycles. The maximum Gasteiger partial charge on any atom is 0.338 e. The Labute approximate surface area is 175 Å². The second kappa shape index (κ2) is 8.38. The van der Waals surface area contributed by atoms with Gasteiger partial charge in [0.1, 0.15) is 6.04 Å². The van der Waals surface area contributed by atoms with E-state index in [2.05, 4.69) is 10.3 Å². The van der Waals surface area contributed by atoms with Gasteiger partial charge in [0.15, 0.2) is 5.54 Å². The summed E-state index contributed by atoms with van der Waals surface area (Å²) in [4.78, 5) is 43.3. The van der Waals surface area contributed by atoms with Crippen molar-refractivity contribution in [3.05, 3.63) is 35.5 Å². The fourth-order valence-corrected chi connectivity index (χ4v) is 4.08. The lowest BCUT2D eigenvalue weighted by Crippen LogP contribution is -2.61. The summed E-state index contributed by atoms with van der Waals surface area (Å²) >= 11 is 0. The van der Waals surface area contributed by atoms with Crippen LogP contribution in [0.5, 0.6) is 0 Å². The van der Waals surface area contributed by atoms with E-state index in [9.17, 15) is 14.4 Å². The number of methoxy groups -OCH3 is 1. The number of carbonyl (C=O) groups excluding carboxylic acids is 3. The third-order valence-corrected chi connectivity index (χ3v) is 5.74. The van der Waals surface area contributed by atoms with Crippen molar-refractivity contribution in [2.45, 2.75) is 45.7 Å². The van der Waals surface area contributed by atoms with Gasteiger partial charge in [-0.3, -0.25) is 0 Å². The molecule has 2 unspecified atom stereocenters. The molecule has 0 aliphatic carbocycles. The Hall–Kier alpha value is -3.03. The van der Waals surface area contributed by atoms with Crippen LogP contribution in [0.4, 0.5) is 4.79 Å². The molecule has 8 nitrogen and oxygen atoms in total. The largest absolute Gasteiger partial charge is 0.467 e. The lowest BCUT2D eigenvalue weighted by atomic mass is 9.86. The Balaban J connectivity index is 2.04. The summed E-state index contributed by atoms with van der Waals surface area (Å²) in [5.74, 6) is -1.23. The number of ether oxygens (including phenoxy) is 2. The Morgan fingerprint density at radius 3 is 2.60 bits per heavy atom. The maximum atomic E-state index is 13.3. The van der Waals surface area contributed by atoms with E-state index >= 15 is 0 Å². The molecule has 0 bridgehead atoms. The van der Waals surface area contributed by atoms with Gasteiger partial charge < -0.3 is 24.7 Å². The number of para-hydroxylation sites is 1. The molecule has 0 radical (unpaired) electrons. The zero-order valence-corrected chi connectivity index (χ0v) is 18.1. The second-order valence-corrected chi connectivity index (χ2v) is 7.91. The van der Waals surface area contributed by atoms with E-state index in [1.165, 1.54) is 12.0 Å². The van der Waals surface area contributed by atoms with Gasteiger partial charge in [-0.2, -0.15) is 0 Å². The van der Waals surface area contributed by atoms with Gasteiger partial charge in [0, 0.05) is 17.4 Å². The summed E-state index contributed by atoms with van der Waals surface area (Å²) in [6.45, 7) is 7.54. The molecule has 1 aliphatic rings. The van der Waals surface area contributed by atoms with Gasteiger partial charge in [0.05, 0.1) is 19.4 Å². The van der Waals surface area contributed by atoms with Crippen LogP contribution in [0.15, 0.2) is 24.3 Å². The average Bonchev–Trinajstić information content (AvgIpc) is 3.11. The van der Waals surface area contributed by atoms with Crippen LogP contribution in [-0.2, 0) is 31.0 Å². The SMILES string of the molecule is CCOC(=O)C1(C)c2[nH]c3ccccc3c2CCN1C(=O)NC(C(=O)OC)C(C)C. The van der Waals surface area contributed by atoms with Crippen molar-refractivity contribution in [1.29, 1.82) is 0 Å². The number of benzene rings is 1. The zero-order valence-electron chi connectivity index (χ0n) is 18.1. The molecular weight excluding hydrogens is 386 g/mol. The topological polar surface area (TPSA) is 101 Å². The van der Waals surface area contributed by atoms with Crippen molar-refractivity contribution in [3.8, 4) is 0 Å². The first-order valence-corrected chi connectivity index (χ1v) is 10.2. The summed E-state index contributed by atoms with van der Waals surface area (Å²) in [5.41, 5.74) is 1.18. The van der Waals surface area contributed by atoms with Crippen LogP contribution in [0.2, 0.25) is 0 Å². The molecule has 3 rings (SSSR count). The maximum absolute atomic E-state index is 13.3. The summed E-state index contributed by atoms with van der Waals surface area (Å²) in [6, 6.07) is 6.46. The third-order valence-electron chi connectivity index (χ3n) is 5.74. The van der Waals surface area contributed by atoms with Crippen LogP contribution >= 0.6 is 0 Å². The van der Waals surface area contributed by atoms with E-state index in [1.54, 1.807) is 13.8 Å². The van der Waals surface area contributed by atoms with Gasteiger partial charge in [-0.05, 0) is 37.8 Å². The molecule has 2 N–H and O–H groups in total. The summed E-state index contributed by atoms with van der Waals surface area (Å²) in [7, 11) is 1.28. The number of nitrogens with one attached hydrogen (secondary N) is 2. The van der Waals surface area contributed by atoms with E-state index in [0.717, 1.165) is 16.5 Å². The molecule has 30 heavy (non-hydrogen) atoms. The van der Waals surface area contributed by atoms with Crippen LogP contribution < -0.4 is 5.32 Å². The van der Waals surface area contributed by atoms with Crippen LogP contribution in [0, 0.1) is 5.92 Å². The van der Waals surface area contributed by atoms with E-state index in [-0.39, 0.29) is 12.5 Å². The minimum atomic E-state index is -1.36. The number of urea groups is 1. The standard InChI is InChI=1S/C22H29N3O5/c1-6-30-20(27)22(4)18-15(14-9-7-8-10-16(14)23-18)11-12-25(22)21(28)24-17(13(2)3)19(26)29-5/h7-10,13,17,23H,6,11-12H2,1-5H3,(H,24,28). The van der Waals surface area contributed by atoms with Crippen molar-refractivity contribution in [3.63, 3.8) is 0 Å². The number of fused-ring (bicyclic) bond motifs is 3. The number of aromatic amines is 1. The highest BCUT2D eigenvalue weighted by molar-refractivity contribution is 5.94. The van der Waals surface area contributed by atoms with Gasteiger partial charge >= 0.3 is 18.0 Å². The predicted molar refractivity (Wildman–Crippen MR) is 112 cm³/mol. The monoisotopic (exact) mass is 415 g/mol. The molecule has 8 heteroatoms. The molecule has 1 aromatic carbocycles. The number of esters is 2. The number of carbonyl (C=O) groups is 3. The Kier molecular flexibility index (Phi) is 6.05. The molecule has 2 amide bonds. The summed E-state index contributed by atoms with van der Waals surface area (Å²) < 4.78 is 10.2. The minimum absolute atomic E-state index is 0.177. The van der Waals surface area contributed by atoms with Crippen molar-refractivity contribution in [2.24, 2.45) is 5.92 Å². The summed E-state index contributed by atoms with van der Waals surface area (Å²) in [6.07, 6.45) is 0.576. The molecule has 0 spiro atoms. The van der Waals surface area contributed by atoms with Crippen LogP contribution in [0.1, 0.15) is 39.0 Å². The Morgan fingerprint density at radius 2 is 1.97 bits per heavy atom. The predicted octanol–water partition coefficient (Wildman–Crippen LogP) is 2.71. The first-order valence-electron chi connectivity index (χ1n) is 10.2. The molecule has 0 saturated carbocycles. The smallest absolute Gasteiger partial charge is 0.338 e. The average molecular weight is 415 g/mol. The lowest BCUT2D eigenvalue weighted by molar-refractivity contribution is -0.156. The van der Waals surface area contributed by atoms with E-state index < -0.39 is 29.6 Å². The van der Waals surface area contributed by atoms with Gasteiger partial charge in [-0.1, -0.05) is 32.0 Å². The summed E-state index contributed by atoms with van der Waals surface area (Å²) in [5, 5.41) is 3.77. The molecule has 2 aromatic rings. The van der Waals surface area contributed by atoms with Crippen LogP contribution in [0.25, 0.3) is 10.9 Å². The first-order chi connectivity index (χ1) is 14.2. The fraction of sp³-hybridized carbons (Fsp3) is 0.500. The molecule has 2 heterocycles. The zero-order chi connectivity index (χ0) is 22.1. The number of hydrogen-bond acceptors (Lipinski definition) is 5. The molecule has 0 saturated heterocycles. The van der Waals surface area contributed by atoms with Crippen LogP contribution in [0.3, 0.4) is 0 Å². The number of aromatic nitrogens is 1. The van der Waals surface area contributed by atoms with Gasteiger partial charge in [-0.25, -0.2) is 14.4 Å². The van der Waals surface area contributed by atoms with Crippen molar-refractivity contribution in [2.75, 3.05) is 20.3 Å². The highest BCUT2D eigenvalue weighted by Crippen LogP contribution is 2.39. The van der Waals surface area contributed by atoms with Crippen LogP contribution in [-0.4, -0.2) is 54.2 Å². The Bertz CT molecular complexity index is 967. The fourth-order valence-electron chi connectivity index (χ4n) is 4.08.